The Kier molecular flexibility index (Phi) is 4.22. The monoisotopic (exact) mass is 212 g/mol. The first-order valence-electron chi connectivity index (χ1n) is 6.52. The van der Waals surface area contributed by atoms with E-state index in [4.69, 9.17) is 0 Å². The molecular weight excluding hydrogens is 184 g/mol. The molecule has 0 spiro atoms. The van der Waals surface area contributed by atoms with Crippen LogP contribution in [0.3, 0.4) is 0 Å². The van der Waals surface area contributed by atoms with Gasteiger partial charge < -0.3 is 5.11 Å². The first kappa shape index (κ1) is 13.0. The molecule has 0 aliphatic heterocycles. The van der Waals surface area contributed by atoms with Crippen LogP contribution in [0, 0.1) is 23.2 Å². The van der Waals surface area contributed by atoms with E-state index in [1.807, 2.05) is 6.92 Å². The number of aliphatic hydroxyl groups is 1. The third kappa shape index (κ3) is 3.21. The average Bonchev–Trinajstić information content (AvgIpc) is 2.10. The van der Waals surface area contributed by atoms with Crippen molar-refractivity contribution in [2.75, 3.05) is 0 Å². The molecule has 0 aromatic rings. The van der Waals surface area contributed by atoms with E-state index in [0.29, 0.717) is 11.3 Å². The molecule has 1 nitrogen and oxygen atoms in total. The van der Waals surface area contributed by atoms with Gasteiger partial charge in [-0.3, -0.25) is 0 Å². The van der Waals surface area contributed by atoms with Crippen molar-refractivity contribution in [3.63, 3.8) is 0 Å². The second-order valence-electron chi connectivity index (χ2n) is 6.42. The second-order valence-corrected chi connectivity index (χ2v) is 6.42. The highest BCUT2D eigenvalue weighted by Gasteiger charge is 2.37. The van der Waals surface area contributed by atoms with E-state index in [9.17, 15) is 5.11 Å². The van der Waals surface area contributed by atoms with E-state index in [-0.39, 0.29) is 6.10 Å². The largest absolute Gasteiger partial charge is 0.393 e. The minimum Gasteiger partial charge on any atom is -0.393 e. The van der Waals surface area contributed by atoms with E-state index < -0.39 is 0 Å². The predicted octanol–water partition coefficient (Wildman–Crippen LogP) is 3.86. The van der Waals surface area contributed by atoms with Crippen LogP contribution in [0.15, 0.2) is 0 Å². The van der Waals surface area contributed by atoms with Crippen molar-refractivity contribution in [2.45, 2.75) is 66.4 Å². The Morgan fingerprint density at radius 2 is 1.93 bits per heavy atom. The average molecular weight is 212 g/mol. The van der Waals surface area contributed by atoms with Crippen LogP contribution >= 0.6 is 0 Å². The van der Waals surface area contributed by atoms with Gasteiger partial charge in [-0.25, -0.2) is 0 Å². The van der Waals surface area contributed by atoms with E-state index in [2.05, 4.69) is 27.7 Å². The minimum absolute atomic E-state index is 0.157. The zero-order valence-corrected chi connectivity index (χ0v) is 11.1. The summed E-state index contributed by atoms with van der Waals surface area (Å²) in [5, 5.41) is 9.61. The lowest BCUT2D eigenvalue weighted by atomic mass is 9.61. The van der Waals surface area contributed by atoms with Gasteiger partial charge in [-0.2, -0.15) is 0 Å². The van der Waals surface area contributed by atoms with Crippen molar-refractivity contribution < 1.29 is 5.11 Å². The summed E-state index contributed by atoms with van der Waals surface area (Å²) in [4.78, 5) is 0. The Bertz CT molecular complexity index is 196. The van der Waals surface area contributed by atoms with Gasteiger partial charge in [0.1, 0.15) is 0 Å². The number of aliphatic hydroxyl groups excluding tert-OH is 1. The molecule has 1 fully saturated rings. The van der Waals surface area contributed by atoms with Gasteiger partial charge in [-0.05, 0) is 42.9 Å². The van der Waals surface area contributed by atoms with Crippen LogP contribution in [-0.2, 0) is 0 Å². The fraction of sp³-hybridized carbons (Fsp3) is 1.00. The zero-order valence-electron chi connectivity index (χ0n) is 11.1. The molecule has 90 valence electrons. The lowest BCUT2D eigenvalue weighted by Gasteiger charge is -2.44. The molecular formula is C14H28O. The Morgan fingerprint density at radius 1 is 1.33 bits per heavy atom. The highest BCUT2D eigenvalue weighted by Crippen LogP contribution is 2.46. The van der Waals surface area contributed by atoms with Crippen molar-refractivity contribution in [1.29, 1.82) is 0 Å². The Hall–Kier alpha value is -0.0400. The Morgan fingerprint density at radius 3 is 2.40 bits per heavy atom. The van der Waals surface area contributed by atoms with Gasteiger partial charge >= 0.3 is 0 Å². The smallest absolute Gasteiger partial charge is 0.0537 e. The van der Waals surface area contributed by atoms with Crippen LogP contribution in [0.4, 0.5) is 0 Å². The van der Waals surface area contributed by atoms with Crippen LogP contribution in [0.25, 0.3) is 0 Å². The third-order valence-corrected chi connectivity index (χ3v) is 4.62. The van der Waals surface area contributed by atoms with Crippen molar-refractivity contribution >= 4 is 0 Å². The molecule has 0 aromatic heterocycles. The fourth-order valence-corrected chi connectivity index (χ4v) is 3.19. The summed E-state index contributed by atoms with van der Waals surface area (Å²) in [5.41, 5.74) is 0.473. The number of hydrogen-bond acceptors (Lipinski definition) is 1. The normalized spacial score (nSPS) is 34.8. The molecule has 1 aliphatic carbocycles. The highest BCUT2D eigenvalue weighted by molar-refractivity contribution is 4.87. The first-order chi connectivity index (χ1) is 6.84. The highest BCUT2D eigenvalue weighted by atomic mass is 16.3. The summed E-state index contributed by atoms with van der Waals surface area (Å²) in [6.07, 6.45) is 5.14. The molecule has 4 atom stereocenters. The summed E-state index contributed by atoms with van der Waals surface area (Å²) in [6.45, 7) is 11.3. The molecule has 0 saturated heterocycles. The van der Waals surface area contributed by atoms with Crippen molar-refractivity contribution in [3.05, 3.63) is 0 Å². The van der Waals surface area contributed by atoms with E-state index in [1.54, 1.807) is 0 Å². The number of hydrogen-bond donors (Lipinski definition) is 1. The van der Waals surface area contributed by atoms with E-state index in [1.165, 1.54) is 25.7 Å². The predicted molar refractivity (Wildman–Crippen MR) is 65.7 cm³/mol. The van der Waals surface area contributed by atoms with Gasteiger partial charge in [0.15, 0.2) is 0 Å². The second kappa shape index (κ2) is 4.86. The fourth-order valence-electron chi connectivity index (χ4n) is 3.19. The third-order valence-electron chi connectivity index (χ3n) is 4.62. The molecule has 0 heterocycles. The molecule has 0 unspecified atom stereocenters. The maximum atomic E-state index is 9.61. The SMILES string of the molecule is C[C@H](O)[C@H](C)C[C@@H]1[C@H](C)CCCC1(C)C. The minimum atomic E-state index is -0.157. The maximum Gasteiger partial charge on any atom is 0.0537 e. The topological polar surface area (TPSA) is 20.2 Å². The van der Waals surface area contributed by atoms with Crippen molar-refractivity contribution in [3.8, 4) is 0 Å². The van der Waals surface area contributed by atoms with Crippen molar-refractivity contribution in [1.82, 2.24) is 0 Å². The van der Waals surface area contributed by atoms with Gasteiger partial charge in [-0.1, -0.05) is 40.5 Å². The molecule has 1 saturated carbocycles. The maximum absolute atomic E-state index is 9.61. The van der Waals surface area contributed by atoms with Crippen molar-refractivity contribution in [2.24, 2.45) is 23.2 Å². The van der Waals surface area contributed by atoms with Gasteiger partial charge in [0.25, 0.3) is 0 Å². The molecule has 0 radical (unpaired) electrons. The summed E-state index contributed by atoms with van der Waals surface area (Å²) in [5.74, 6) is 2.06. The van der Waals surface area contributed by atoms with Gasteiger partial charge in [0.2, 0.25) is 0 Å². The van der Waals surface area contributed by atoms with E-state index >= 15 is 0 Å². The van der Waals surface area contributed by atoms with Crippen LogP contribution in [0.5, 0.6) is 0 Å². The quantitative estimate of drug-likeness (QED) is 0.753. The Labute approximate surface area is 95.3 Å². The molecule has 0 aromatic carbocycles. The summed E-state index contributed by atoms with van der Waals surface area (Å²) in [7, 11) is 0. The van der Waals surface area contributed by atoms with Crippen LogP contribution in [-0.4, -0.2) is 11.2 Å². The standard InChI is InChI=1S/C14H28O/c1-10-7-6-8-14(4,5)13(10)9-11(2)12(3)15/h10-13,15H,6-9H2,1-5H3/t10-,11-,12+,13-/m1/s1. The Balaban J connectivity index is 2.63. The molecule has 0 amide bonds. The van der Waals surface area contributed by atoms with Crippen LogP contribution in [0.1, 0.15) is 60.3 Å². The van der Waals surface area contributed by atoms with Gasteiger partial charge in [-0.15, -0.1) is 0 Å². The lowest BCUT2D eigenvalue weighted by molar-refractivity contribution is 0.0357. The van der Waals surface area contributed by atoms with Gasteiger partial charge in [0, 0.05) is 0 Å². The van der Waals surface area contributed by atoms with Crippen LogP contribution < -0.4 is 0 Å². The molecule has 1 rings (SSSR count). The molecule has 15 heavy (non-hydrogen) atoms. The molecule has 1 aliphatic rings. The van der Waals surface area contributed by atoms with E-state index in [0.717, 1.165) is 11.8 Å². The number of rotatable bonds is 3. The zero-order chi connectivity index (χ0) is 11.6. The molecule has 0 bridgehead atoms. The summed E-state index contributed by atoms with van der Waals surface area (Å²) < 4.78 is 0. The summed E-state index contributed by atoms with van der Waals surface area (Å²) in [6, 6.07) is 0. The first-order valence-corrected chi connectivity index (χ1v) is 6.52. The molecule has 1 heteroatoms. The molecule has 1 N–H and O–H groups in total. The lowest BCUT2D eigenvalue weighted by Crippen LogP contribution is -2.36. The van der Waals surface area contributed by atoms with Gasteiger partial charge in [0.05, 0.1) is 6.10 Å². The summed E-state index contributed by atoms with van der Waals surface area (Å²) >= 11 is 0. The van der Waals surface area contributed by atoms with Crippen LogP contribution in [0.2, 0.25) is 0 Å².